The van der Waals surface area contributed by atoms with Gasteiger partial charge in [-0.25, -0.2) is 4.39 Å². The molecule has 20 heavy (non-hydrogen) atoms. The van der Waals surface area contributed by atoms with E-state index in [1.54, 1.807) is 12.3 Å². The van der Waals surface area contributed by atoms with Crippen LogP contribution in [0, 0.1) is 12.7 Å². The molecule has 0 fully saturated rings. The molecule has 4 heteroatoms. The van der Waals surface area contributed by atoms with Gasteiger partial charge in [-0.2, -0.15) is 0 Å². The molecule has 3 rings (SSSR count). The van der Waals surface area contributed by atoms with Crippen molar-refractivity contribution >= 4 is 11.0 Å². The summed E-state index contributed by atoms with van der Waals surface area (Å²) >= 11 is 0. The number of fused-ring (bicyclic) bond motifs is 1. The van der Waals surface area contributed by atoms with E-state index in [1.807, 2.05) is 26.1 Å². The lowest BCUT2D eigenvalue weighted by molar-refractivity contribution is 0.411. The Morgan fingerprint density at radius 1 is 1.30 bits per heavy atom. The first-order valence-corrected chi connectivity index (χ1v) is 6.57. The zero-order valence-corrected chi connectivity index (χ0v) is 11.4. The van der Waals surface area contributed by atoms with Crippen molar-refractivity contribution in [3.05, 3.63) is 59.5 Å². The molecule has 1 atom stereocenters. The fourth-order valence-corrected chi connectivity index (χ4v) is 2.50. The summed E-state index contributed by atoms with van der Waals surface area (Å²) < 4.78 is 24.6. The molecule has 0 saturated carbocycles. The normalized spacial score (nSPS) is 12.9. The summed E-state index contributed by atoms with van der Waals surface area (Å²) in [5.74, 6) is 1.46. The third kappa shape index (κ3) is 2.23. The number of likely N-dealkylation sites (N-methyl/N-ethyl adjacent to an activating group) is 1. The van der Waals surface area contributed by atoms with Crippen molar-refractivity contribution in [2.24, 2.45) is 0 Å². The van der Waals surface area contributed by atoms with Gasteiger partial charge >= 0.3 is 0 Å². The van der Waals surface area contributed by atoms with Gasteiger partial charge in [-0.3, -0.25) is 0 Å². The number of benzene rings is 1. The molecule has 1 N–H and O–H groups in total. The first-order chi connectivity index (χ1) is 9.69. The summed E-state index contributed by atoms with van der Waals surface area (Å²) in [6, 6.07) is 8.38. The molecule has 2 aromatic heterocycles. The fourth-order valence-electron chi connectivity index (χ4n) is 2.50. The second kappa shape index (κ2) is 5.13. The van der Waals surface area contributed by atoms with Gasteiger partial charge < -0.3 is 14.2 Å². The van der Waals surface area contributed by atoms with Crippen molar-refractivity contribution in [3.63, 3.8) is 0 Å². The molecule has 0 saturated heterocycles. The molecule has 0 aliphatic rings. The number of nitrogens with one attached hydrogen (secondary N) is 1. The number of furan rings is 2. The van der Waals surface area contributed by atoms with Gasteiger partial charge in [0.15, 0.2) is 0 Å². The summed E-state index contributed by atoms with van der Waals surface area (Å²) in [6.07, 6.45) is 2.34. The lowest BCUT2D eigenvalue weighted by Gasteiger charge is -2.13. The maximum Gasteiger partial charge on any atom is 0.134 e. The molecule has 1 unspecified atom stereocenters. The predicted octanol–water partition coefficient (Wildman–Crippen LogP) is 3.98. The van der Waals surface area contributed by atoms with Crippen LogP contribution < -0.4 is 5.32 Å². The van der Waals surface area contributed by atoms with Gasteiger partial charge in [0, 0.05) is 17.4 Å². The Labute approximate surface area is 116 Å². The Bertz CT molecular complexity index is 715. The number of aryl methyl sites for hydroxylation is 1. The largest absolute Gasteiger partial charge is 0.469 e. The van der Waals surface area contributed by atoms with Crippen LogP contribution in [0.1, 0.15) is 23.1 Å². The summed E-state index contributed by atoms with van der Waals surface area (Å²) in [6.45, 7) is 1.95. The Kier molecular flexibility index (Phi) is 3.32. The van der Waals surface area contributed by atoms with Crippen molar-refractivity contribution in [3.8, 4) is 0 Å². The third-order valence-electron chi connectivity index (χ3n) is 3.59. The van der Waals surface area contributed by atoms with Crippen LogP contribution in [-0.2, 0) is 6.42 Å². The Balaban J connectivity index is 2.01. The van der Waals surface area contributed by atoms with Crippen LogP contribution in [-0.4, -0.2) is 7.05 Å². The van der Waals surface area contributed by atoms with E-state index in [1.165, 1.54) is 12.1 Å². The minimum Gasteiger partial charge on any atom is -0.469 e. The molecule has 0 aliphatic carbocycles. The van der Waals surface area contributed by atoms with E-state index in [0.29, 0.717) is 12.0 Å². The number of halogens is 1. The highest BCUT2D eigenvalue weighted by Crippen LogP contribution is 2.31. The standard InChI is InChI=1S/C16H16FNO2/c1-10-13-8-11(17)5-6-15(13)20-16(10)14(18-2)9-12-4-3-7-19-12/h3-8,14,18H,9H2,1-2H3. The molecule has 2 heterocycles. The third-order valence-corrected chi connectivity index (χ3v) is 3.59. The monoisotopic (exact) mass is 273 g/mol. The fraction of sp³-hybridized carbons (Fsp3) is 0.250. The summed E-state index contributed by atoms with van der Waals surface area (Å²) in [5, 5.41) is 4.04. The Hall–Kier alpha value is -2.07. The Morgan fingerprint density at radius 3 is 2.85 bits per heavy atom. The summed E-state index contributed by atoms with van der Waals surface area (Å²) in [4.78, 5) is 0. The average molecular weight is 273 g/mol. The number of rotatable bonds is 4. The van der Waals surface area contributed by atoms with Gasteiger partial charge in [0.1, 0.15) is 22.9 Å². The van der Waals surface area contributed by atoms with E-state index in [-0.39, 0.29) is 11.9 Å². The quantitative estimate of drug-likeness (QED) is 0.781. The molecule has 0 bridgehead atoms. The van der Waals surface area contributed by atoms with Crippen LogP contribution >= 0.6 is 0 Å². The lowest BCUT2D eigenvalue weighted by Crippen LogP contribution is -2.18. The SMILES string of the molecule is CNC(Cc1ccco1)c1oc2ccc(F)cc2c1C. The van der Waals surface area contributed by atoms with E-state index in [9.17, 15) is 4.39 Å². The molecular formula is C16H16FNO2. The molecule has 0 radical (unpaired) electrons. The molecule has 104 valence electrons. The summed E-state index contributed by atoms with van der Waals surface area (Å²) in [7, 11) is 1.88. The van der Waals surface area contributed by atoms with Crippen LogP contribution in [0.4, 0.5) is 4.39 Å². The maximum atomic E-state index is 13.3. The van der Waals surface area contributed by atoms with Gasteiger partial charge in [-0.1, -0.05) is 0 Å². The van der Waals surface area contributed by atoms with Crippen molar-refractivity contribution in [1.82, 2.24) is 5.32 Å². The second-order valence-corrected chi connectivity index (χ2v) is 4.86. The highest BCUT2D eigenvalue weighted by molar-refractivity contribution is 5.82. The van der Waals surface area contributed by atoms with Crippen molar-refractivity contribution < 1.29 is 13.2 Å². The maximum absolute atomic E-state index is 13.3. The first-order valence-electron chi connectivity index (χ1n) is 6.57. The minimum atomic E-state index is -0.250. The van der Waals surface area contributed by atoms with Gasteiger partial charge in [0.05, 0.1) is 12.3 Å². The van der Waals surface area contributed by atoms with Crippen LogP contribution in [0.5, 0.6) is 0 Å². The smallest absolute Gasteiger partial charge is 0.134 e. The first kappa shape index (κ1) is 12.9. The lowest BCUT2D eigenvalue weighted by atomic mass is 10.0. The molecule has 1 aromatic carbocycles. The van der Waals surface area contributed by atoms with Crippen molar-refractivity contribution in [1.29, 1.82) is 0 Å². The van der Waals surface area contributed by atoms with Gasteiger partial charge in [-0.05, 0) is 44.3 Å². The highest BCUT2D eigenvalue weighted by Gasteiger charge is 2.20. The van der Waals surface area contributed by atoms with Gasteiger partial charge in [0.2, 0.25) is 0 Å². The minimum absolute atomic E-state index is 0.00314. The van der Waals surface area contributed by atoms with Crippen LogP contribution in [0.25, 0.3) is 11.0 Å². The average Bonchev–Trinajstić information content (AvgIpc) is 3.05. The number of hydrogen-bond acceptors (Lipinski definition) is 3. The van der Waals surface area contributed by atoms with E-state index < -0.39 is 0 Å². The Morgan fingerprint density at radius 2 is 2.15 bits per heavy atom. The van der Waals surface area contributed by atoms with Gasteiger partial charge in [-0.15, -0.1) is 0 Å². The van der Waals surface area contributed by atoms with Crippen molar-refractivity contribution in [2.75, 3.05) is 7.05 Å². The zero-order chi connectivity index (χ0) is 14.1. The van der Waals surface area contributed by atoms with E-state index in [4.69, 9.17) is 8.83 Å². The molecule has 0 aliphatic heterocycles. The highest BCUT2D eigenvalue weighted by atomic mass is 19.1. The van der Waals surface area contributed by atoms with E-state index in [0.717, 1.165) is 22.5 Å². The van der Waals surface area contributed by atoms with Crippen molar-refractivity contribution in [2.45, 2.75) is 19.4 Å². The van der Waals surface area contributed by atoms with E-state index >= 15 is 0 Å². The molecule has 0 spiro atoms. The molecule has 0 amide bonds. The number of hydrogen-bond donors (Lipinski definition) is 1. The van der Waals surface area contributed by atoms with Gasteiger partial charge in [0.25, 0.3) is 0 Å². The molecule has 3 aromatic rings. The van der Waals surface area contributed by atoms with Crippen LogP contribution in [0.3, 0.4) is 0 Å². The second-order valence-electron chi connectivity index (χ2n) is 4.86. The molecular weight excluding hydrogens is 257 g/mol. The van der Waals surface area contributed by atoms with E-state index in [2.05, 4.69) is 5.32 Å². The molecule has 3 nitrogen and oxygen atoms in total. The zero-order valence-electron chi connectivity index (χ0n) is 11.4. The van der Waals surface area contributed by atoms with Crippen LogP contribution in [0.2, 0.25) is 0 Å². The predicted molar refractivity (Wildman–Crippen MR) is 75.1 cm³/mol. The van der Waals surface area contributed by atoms with Crippen LogP contribution in [0.15, 0.2) is 45.4 Å². The summed E-state index contributed by atoms with van der Waals surface area (Å²) in [5.41, 5.74) is 1.67. The topological polar surface area (TPSA) is 38.3 Å².